The Morgan fingerprint density at radius 1 is 1.26 bits per heavy atom. The van der Waals surface area contributed by atoms with E-state index in [2.05, 4.69) is 10.6 Å². The molecule has 5 nitrogen and oxygen atoms in total. The van der Waals surface area contributed by atoms with Crippen molar-refractivity contribution < 1.29 is 14.3 Å². The summed E-state index contributed by atoms with van der Waals surface area (Å²) < 4.78 is 11.3. The van der Waals surface area contributed by atoms with Crippen LogP contribution in [0.25, 0.3) is 0 Å². The van der Waals surface area contributed by atoms with Crippen LogP contribution >= 0.6 is 11.3 Å². The van der Waals surface area contributed by atoms with Crippen LogP contribution in [-0.4, -0.2) is 25.2 Å². The highest BCUT2D eigenvalue weighted by molar-refractivity contribution is 7.09. The summed E-state index contributed by atoms with van der Waals surface area (Å²) in [4.78, 5) is 13.3. The Labute approximate surface area is 139 Å². The van der Waals surface area contributed by atoms with Crippen molar-refractivity contribution in [1.82, 2.24) is 5.32 Å². The predicted octanol–water partition coefficient (Wildman–Crippen LogP) is 3.03. The molecule has 2 N–H and O–H groups in total. The van der Waals surface area contributed by atoms with Crippen LogP contribution in [0.2, 0.25) is 0 Å². The smallest absolute Gasteiger partial charge is 0.242 e. The van der Waals surface area contributed by atoms with Gasteiger partial charge in [-0.3, -0.25) is 4.79 Å². The maximum absolute atomic E-state index is 12.2. The molecule has 1 aliphatic heterocycles. The molecule has 2 aromatic rings. The van der Waals surface area contributed by atoms with E-state index in [1.165, 1.54) is 0 Å². The Balaban J connectivity index is 1.57. The molecule has 1 aliphatic rings. The fraction of sp³-hybridized carbons (Fsp3) is 0.353. The van der Waals surface area contributed by atoms with Crippen molar-refractivity contribution in [1.29, 1.82) is 0 Å². The molecule has 2 heterocycles. The molecule has 0 bridgehead atoms. The highest BCUT2D eigenvalue weighted by atomic mass is 32.1. The van der Waals surface area contributed by atoms with Crippen LogP contribution < -0.4 is 20.1 Å². The minimum atomic E-state index is -0.334. The van der Waals surface area contributed by atoms with Gasteiger partial charge in [0.2, 0.25) is 5.91 Å². The normalized spacial score (nSPS) is 14.7. The van der Waals surface area contributed by atoms with Gasteiger partial charge >= 0.3 is 0 Å². The largest absolute Gasteiger partial charge is 0.490 e. The molecule has 1 aromatic carbocycles. The van der Waals surface area contributed by atoms with Gasteiger partial charge in [0.05, 0.1) is 19.8 Å². The van der Waals surface area contributed by atoms with Crippen molar-refractivity contribution in [2.24, 2.45) is 0 Å². The van der Waals surface area contributed by atoms with E-state index >= 15 is 0 Å². The zero-order valence-electron chi connectivity index (χ0n) is 13.0. The lowest BCUT2D eigenvalue weighted by Crippen LogP contribution is -2.37. The van der Waals surface area contributed by atoms with E-state index in [0.717, 1.165) is 28.5 Å². The zero-order chi connectivity index (χ0) is 16.1. The Morgan fingerprint density at radius 3 is 2.87 bits per heavy atom. The number of carbonyl (C=O) groups excluding carboxylic acids is 1. The van der Waals surface area contributed by atoms with Gasteiger partial charge in [0, 0.05) is 23.1 Å². The molecule has 0 radical (unpaired) electrons. The predicted molar refractivity (Wildman–Crippen MR) is 91.3 cm³/mol. The summed E-state index contributed by atoms with van der Waals surface area (Å²) in [6.07, 6.45) is 0.874. The van der Waals surface area contributed by atoms with Crippen LogP contribution in [0, 0.1) is 0 Å². The molecule has 3 rings (SSSR count). The van der Waals surface area contributed by atoms with E-state index in [0.29, 0.717) is 19.8 Å². The van der Waals surface area contributed by atoms with Crippen LogP contribution in [0.4, 0.5) is 5.69 Å². The van der Waals surface area contributed by atoms with Crippen LogP contribution in [0.5, 0.6) is 11.5 Å². The molecule has 0 spiro atoms. The van der Waals surface area contributed by atoms with Crippen LogP contribution in [0.1, 0.15) is 18.2 Å². The van der Waals surface area contributed by atoms with Crippen molar-refractivity contribution in [2.75, 3.05) is 18.5 Å². The Kier molecular flexibility index (Phi) is 5.02. The fourth-order valence-electron chi connectivity index (χ4n) is 2.31. The number of ether oxygens (including phenoxy) is 2. The molecule has 122 valence electrons. The van der Waals surface area contributed by atoms with Crippen molar-refractivity contribution in [2.45, 2.75) is 25.9 Å². The monoisotopic (exact) mass is 332 g/mol. The van der Waals surface area contributed by atoms with Gasteiger partial charge in [-0.1, -0.05) is 6.07 Å². The molecule has 6 heteroatoms. The van der Waals surface area contributed by atoms with Crippen LogP contribution in [0.3, 0.4) is 0 Å². The van der Waals surface area contributed by atoms with Gasteiger partial charge in [-0.15, -0.1) is 11.3 Å². The first-order valence-electron chi connectivity index (χ1n) is 7.68. The maximum Gasteiger partial charge on any atom is 0.242 e. The van der Waals surface area contributed by atoms with Gasteiger partial charge in [0.1, 0.15) is 6.04 Å². The lowest BCUT2D eigenvalue weighted by atomic mass is 10.2. The van der Waals surface area contributed by atoms with E-state index in [1.54, 1.807) is 11.3 Å². The number of hydrogen-bond donors (Lipinski definition) is 2. The topological polar surface area (TPSA) is 59.6 Å². The molecular weight excluding hydrogens is 312 g/mol. The van der Waals surface area contributed by atoms with Crippen molar-refractivity contribution in [3.05, 3.63) is 40.6 Å². The van der Waals surface area contributed by atoms with Crippen molar-refractivity contribution in [3.8, 4) is 11.5 Å². The van der Waals surface area contributed by atoms with E-state index in [-0.39, 0.29) is 11.9 Å². The summed E-state index contributed by atoms with van der Waals surface area (Å²) >= 11 is 1.63. The summed E-state index contributed by atoms with van der Waals surface area (Å²) in [6.45, 7) is 3.71. The molecule has 1 atom stereocenters. The average molecular weight is 332 g/mol. The average Bonchev–Trinajstić information content (AvgIpc) is 2.97. The maximum atomic E-state index is 12.2. The van der Waals surface area contributed by atoms with E-state index < -0.39 is 0 Å². The van der Waals surface area contributed by atoms with Gasteiger partial charge < -0.3 is 20.1 Å². The molecule has 1 amide bonds. The van der Waals surface area contributed by atoms with Crippen molar-refractivity contribution >= 4 is 22.9 Å². The molecule has 1 aromatic heterocycles. The van der Waals surface area contributed by atoms with Gasteiger partial charge in [-0.2, -0.15) is 0 Å². The summed E-state index contributed by atoms with van der Waals surface area (Å²) in [5.74, 6) is 1.44. The number of amides is 1. The highest BCUT2D eigenvalue weighted by Crippen LogP contribution is 2.32. The molecule has 0 saturated carbocycles. The van der Waals surface area contributed by atoms with Crippen LogP contribution in [-0.2, 0) is 11.3 Å². The fourth-order valence-corrected chi connectivity index (χ4v) is 2.95. The summed E-state index contributed by atoms with van der Waals surface area (Å²) in [5.41, 5.74) is 0.841. The standard InChI is InChI=1S/C17H20N2O3S/c1-12(17(20)18-11-14-4-2-9-23-14)19-13-5-6-15-16(10-13)22-8-3-7-21-15/h2,4-6,9-10,12,19H,3,7-8,11H2,1H3,(H,18,20)/t12-/m1/s1. The van der Waals surface area contributed by atoms with Crippen molar-refractivity contribution in [3.63, 3.8) is 0 Å². The second kappa shape index (κ2) is 7.37. The zero-order valence-corrected chi connectivity index (χ0v) is 13.8. The first kappa shape index (κ1) is 15.7. The number of fused-ring (bicyclic) bond motifs is 1. The lowest BCUT2D eigenvalue weighted by Gasteiger charge is -2.16. The summed E-state index contributed by atoms with van der Waals surface area (Å²) in [6, 6.07) is 9.30. The number of nitrogens with one attached hydrogen (secondary N) is 2. The first-order chi connectivity index (χ1) is 11.2. The molecular formula is C17H20N2O3S. The lowest BCUT2D eigenvalue weighted by molar-refractivity contribution is -0.121. The Morgan fingerprint density at radius 2 is 2.09 bits per heavy atom. The number of rotatable bonds is 5. The Bertz CT molecular complexity index is 658. The minimum Gasteiger partial charge on any atom is -0.490 e. The number of hydrogen-bond acceptors (Lipinski definition) is 5. The Hall–Kier alpha value is -2.21. The van der Waals surface area contributed by atoms with Gasteiger partial charge in [-0.25, -0.2) is 0 Å². The number of carbonyl (C=O) groups is 1. The number of anilines is 1. The molecule has 0 fully saturated rings. The van der Waals surface area contributed by atoms with Gasteiger partial charge in [0.25, 0.3) is 0 Å². The SMILES string of the molecule is C[C@@H](Nc1ccc2c(c1)OCCCO2)C(=O)NCc1cccs1. The van der Waals surface area contributed by atoms with Crippen LogP contribution in [0.15, 0.2) is 35.7 Å². The number of benzene rings is 1. The van der Waals surface area contributed by atoms with E-state index in [4.69, 9.17) is 9.47 Å². The highest BCUT2D eigenvalue weighted by Gasteiger charge is 2.15. The molecule has 0 saturated heterocycles. The van der Waals surface area contributed by atoms with Gasteiger partial charge in [0.15, 0.2) is 11.5 Å². The second-order valence-corrected chi connectivity index (χ2v) is 6.41. The third-order valence-corrected chi connectivity index (χ3v) is 4.42. The minimum absolute atomic E-state index is 0.0366. The quantitative estimate of drug-likeness (QED) is 0.883. The van der Waals surface area contributed by atoms with E-state index in [1.807, 2.05) is 42.6 Å². The summed E-state index contributed by atoms with van der Waals surface area (Å²) in [5, 5.41) is 8.13. The number of thiophene rings is 1. The second-order valence-electron chi connectivity index (χ2n) is 5.38. The summed E-state index contributed by atoms with van der Waals surface area (Å²) in [7, 11) is 0. The first-order valence-corrected chi connectivity index (χ1v) is 8.56. The van der Waals surface area contributed by atoms with E-state index in [9.17, 15) is 4.79 Å². The molecule has 0 unspecified atom stereocenters. The third kappa shape index (κ3) is 4.16. The van der Waals surface area contributed by atoms with Gasteiger partial charge in [-0.05, 0) is 30.5 Å². The third-order valence-electron chi connectivity index (χ3n) is 3.54. The molecule has 23 heavy (non-hydrogen) atoms. The molecule has 0 aliphatic carbocycles.